The Bertz CT molecular complexity index is 525. The van der Waals surface area contributed by atoms with Crippen molar-refractivity contribution in [1.29, 1.82) is 0 Å². The van der Waals surface area contributed by atoms with Crippen molar-refractivity contribution >= 4 is 11.6 Å². The Morgan fingerprint density at radius 3 is 2.58 bits per heavy atom. The lowest BCUT2D eigenvalue weighted by Crippen LogP contribution is -2.19. The van der Waals surface area contributed by atoms with Gasteiger partial charge in [-0.05, 0) is 24.6 Å². The zero-order valence-electron chi connectivity index (χ0n) is 11.1. The lowest BCUT2D eigenvalue weighted by atomic mass is 10.2. The molecule has 0 atom stereocenters. The number of nitrogens with one attached hydrogen (secondary N) is 1. The molecular weight excluding hydrogens is 260 g/mol. The molecule has 2 aromatic rings. The van der Waals surface area contributed by atoms with Crippen LogP contribution in [0.25, 0.3) is 11.5 Å². The maximum Gasteiger partial charge on any atom is 0.179 e. The Balaban J connectivity index is 2.04. The lowest BCUT2D eigenvalue weighted by Gasteiger charge is -2.07. The van der Waals surface area contributed by atoms with Crippen LogP contribution in [-0.2, 0) is 6.54 Å². The third kappa shape index (κ3) is 3.98. The van der Waals surface area contributed by atoms with Gasteiger partial charge in [0, 0.05) is 30.7 Å². The number of hydrogen-bond acceptors (Lipinski definition) is 4. The Hall–Kier alpha value is -1.52. The predicted octanol–water partition coefficient (Wildman–Crippen LogP) is 2.94. The van der Waals surface area contributed by atoms with Crippen molar-refractivity contribution in [1.82, 2.24) is 20.3 Å². The molecule has 0 amide bonds. The second-order valence-corrected chi connectivity index (χ2v) is 5.18. The second kappa shape index (κ2) is 6.59. The van der Waals surface area contributed by atoms with Crippen molar-refractivity contribution in [3.8, 4) is 11.5 Å². The van der Waals surface area contributed by atoms with Gasteiger partial charge in [0.2, 0.25) is 0 Å². The zero-order chi connectivity index (χ0) is 13.7. The van der Waals surface area contributed by atoms with Crippen LogP contribution in [0.1, 0.15) is 19.4 Å². The van der Waals surface area contributed by atoms with Crippen LogP contribution in [0.4, 0.5) is 0 Å². The van der Waals surface area contributed by atoms with E-state index in [1.807, 2.05) is 0 Å². The molecule has 0 radical (unpaired) electrons. The summed E-state index contributed by atoms with van der Waals surface area (Å²) >= 11 is 6.06. The van der Waals surface area contributed by atoms with Crippen LogP contribution in [0.3, 0.4) is 0 Å². The summed E-state index contributed by atoms with van der Waals surface area (Å²) in [5.74, 6) is 1.19. The van der Waals surface area contributed by atoms with Gasteiger partial charge in [-0.3, -0.25) is 4.98 Å². The fraction of sp³-hybridized carbons (Fsp3) is 0.357. The number of pyridine rings is 1. The van der Waals surface area contributed by atoms with Crippen molar-refractivity contribution < 1.29 is 0 Å². The number of halogens is 1. The molecule has 0 fully saturated rings. The fourth-order valence-electron chi connectivity index (χ4n) is 1.62. The highest BCUT2D eigenvalue weighted by molar-refractivity contribution is 6.32. The fourth-order valence-corrected chi connectivity index (χ4v) is 1.83. The first-order valence-corrected chi connectivity index (χ1v) is 6.67. The first-order chi connectivity index (χ1) is 9.16. The lowest BCUT2D eigenvalue weighted by molar-refractivity contribution is 0.551. The molecule has 0 aliphatic carbocycles. The van der Waals surface area contributed by atoms with E-state index in [-0.39, 0.29) is 0 Å². The van der Waals surface area contributed by atoms with E-state index in [0.29, 0.717) is 22.5 Å². The van der Waals surface area contributed by atoms with Gasteiger partial charge in [0.05, 0.1) is 5.02 Å². The Morgan fingerprint density at radius 1 is 1.21 bits per heavy atom. The summed E-state index contributed by atoms with van der Waals surface area (Å²) in [5, 5.41) is 3.91. The van der Waals surface area contributed by atoms with E-state index in [2.05, 4.69) is 34.1 Å². The highest BCUT2D eigenvalue weighted by Gasteiger charge is 2.07. The van der Waals surface area contributed by atoms with Crippen LogP contribution in [-0.4, -0.2) is 21.5 Å². The largest absolute Gasteiger partial charge is 0.312 e. The summed E-state index contributed by atoms with van der Waals surface area (Å²) in [7, 11) is 0. The first-order valence-electron chi connectivity index (χ1n) is 6.29. The summed E-state index contributed by atoms with van der Waals surface area (Å²) < 4.78 is 0. The van der Waals surface area contributed by atoms with Crippen LogP contribution in [0.5, 0.6) is 0 Å². The molecule has 19 heavy (non-hydrogen) atoms. The van der Waals surface area contributed by atoms with Crippen LogP contribution in [0.15, 0.2) is 30.7 Å². The van der Waals surface area contributed by atoms with Gasteiger partial charge in [-0.2, -0.15) is 0 Å². The molecule has 0 saturated heterocycles. The van der Waals surface area contributed by atoms with Crippen LogP contribution in [0, 0.1) is 5.92 Å². The number of nitrogens with zero attached hydrogens (tertiary/aromatic N) is 3. The number of hydrogen-bond donors (Lipinski definition) is 1. The Labute approximate surface area is 118 Å². The van der Waals surface area contributed by atoms with Gasteiger partial charge in [-0.25, -0.2) is 9.97 Å². The molecule has 0 bridgehead atoms. The quantitative estimate of drug-likeness (QED) is 0.912. The Kier molecular flexibility index (Phi) is 4.82. The smallest absolute Gasteiger partial charge is 0.179 e. The van der Waals surface area contributed by atoms with Crippen LogP contribution in [0.2, 0.25) is 5.02 Å². The van der Waals surface area contributed by atoms with E-state index in [1.165, 1.54) is 0 Å². The predicted molar refractivity (Wildman–Crippen MR) is 76.8 cm³/mol. The number of aromatic nitrogens is 3. The van der Waals surface area contributed by atoms with Gasteiger partial charge in [0.15, 0.2) is 5.82 Å². The minimum Gasteiger partial charge on any atom is -0.312 e. The Morgan fingerprint density at radius 2 is 1.95 bits per heavy atom. The molecule has 0 spiro atoms. The molecule has 2 heterocycles. The van der Waals surface area contributed by atoms with Gasteiger partial charge in [-0.1, -0.05) is 25.4 Å². The van der Waals surface area contributed by atoms with E-state index in [1.54, 1.807) is 30.7 Å². The summed E-state index contributed by atoms with van der Waals surface area (Å²) in [6.45, 7) is 6.10. The van der Waals surface area contributed by atoms with Gasteiger partial charge in [0.25, 0.3) is 0 Å². The van der Waals surface area contributed by atoms with E-state index in [4.69, 9.17) is 11.6 Å². The highest BCUT2D eigenvalue weighted by atomic mass is 35.5. The molecule has 100 valence electrons. The molecule has 1 N–H and O–H groups in total. The van der Waals surface area contributed by atoms with Crippen LogP contribution < -0.4 is 5.32 Å². The average Bonchev–Trinajstić information content (AvgIpc) is 2.40. The summed E-state index contributed by atoms with van der Waals surface area (Å²) in [4.78, 5) is 12.8. The molecule has 0 aromatic carbocycles. The first kappa shape index (κ1) is 13.9. The third-order valence-corrected chi connectivity index (χ3v) is 2.86. The van der Waals surface area contributed by atoms with Gasteiger partial charge >= 0.3 is 0 Å². The minimum absolute atomic E-state index is 0.554. The van der Waals surface area contributed by atoms with E-state index >= 15 is 0 Å². The molecule has 0 aliphatic heterocycles. The molecule has 4 nitrogen and oxygen atoms in total. The summed E-state index contributed by atoms with van der Waals surface area (Å²) in [6, 6.07) is 3.57. The summed E-state index contributed by atoms with van der Waals surface area (Å²) in [5.41, 5.74) is 1.67. The van der Waals surface area contributed by atoms with Crippen molar-refractivity contribution in [3.63, 3.8) is 0 Å². The average molecular weight is 277 g/mol. The van der Waals surface area contributed by atoms with Crippen molar-refractivity contribution in [2.45, 2.75) is 20.4 Å². The highest BCUT2D eigenvalue weighted by Crippen LogP contribution is 2.21. The zero-order valence-corrected chi connectivity index (χ0v) is 11.9. The molecule has 2 aromatic heterocycles. The maximum absolute atomic E-state index is 6.06. The molecule has 0 unspecified atom stereocenters. The van der Waals surface area contributed by atoms with Gasteiger partial charge < -0.3 is 5.32 Å². The molecule has 0 aliphatic rings. The van der Waals surface area contributed by atoms with Gasteiger partial charge in [-0.15, -0.1) is 0 Å². The van der Waals surface area contributed by atoms with Gasteiger partial charge in [0.1, 0.15) is 5.69 Å². The number of rotatable bonds is 5. The topological polar surface area (TPSA) is 50.7 Å². The standard InChI is InChI=1S/C14H17ClN4/c1-10(2)6-16-7-11-8-18-14(19-9-11)13-12(15)4-3-5-17-13/h3-5,8-10,16H,6-7H2,1-2H3. The SMILES string of the molecule is CC(C)CNCc1cnc(-c2ncccc2Cl)nc1. The maximum atomic E-state index is 6.06. The monoisotopic (exact) mass is 276 g/mol. The van der Waals surface area contributed by atoms with Crippen molar-refractivity contribution in [3.05, 3.63) is 41.3 Å². The van der Waals surface area contributed by atoms with Crippen molar-refractivity contribution in [2.75, 3.05) is 6.54 Å². The molecule has 0 saturated carbocycles. The summed E-state index contributed by atoms with van der Waals surface area (Å²) in [6.07, 6.45) is 5.30. The van der Waals surface area contributed by atoms with E-state index in [0.717, 1.165) is 18.7 Å². The second-order valence-electron chi connectivity index (χ2n) is 4.77. The van der Waals surface area contributed by atoms with E-state index in [9.17, 15) is 0 Å². The molecule has 2 rings (SSSR count). The normalized spacial score (nSPS) is 10.9. The van der Waals surface area contributed by atoms with Crippen LogP contribution >= 0.6 is 11.6 Å². The molecule has 5 heteroatoms. The minimum atomic E-state index is 0.554. The third-order valence-electron chi connectivity index (χ3n) is 2.56. The molecular formula is C14H17ClN4. The van der Waals surface area contributed by atoms with Crippen molar-refractivity contribution in [2.24, 2.45) is 5.92 Å². The van der Waals surface area contributed by atoms with E-state index < -0.39 is 0 Å².